The van der Waals surface area contributed by atoms with E-state index in [0.717, 1.165) is 13.0 Å². The molecule has 1 aliphatic rings. The van der Waals surface area contributed by atoms with Crippen LogP contribution < -0.4 is 0 Å². The van der Waals surface area contributed by atoms with Gasteiger partial charge in [0.2, 0.25) is 0 Å². The van der Waals surface area contributed by atoms with E-state index in [-0.39, 0.29) is 12.1 Å². The van der Waals surface area contributed by atoms with Crippen molar-refractivity contribution < 1.29 is 9.84 Å². The standard InChI is InChI=1S/C12H25NO2/c1-9(2)7-13(10(3)4)11-8-15-6-5-12(11)14/h9-12,14H,5-8H2,1-4H3. The third kappa shape index (κ3) is 3.74. The predicted molar refractivity (Wildman–Crippen MR) is 61.9 cm³/mol. The number of hydrogen-bond acceptors (Lipinski definition) is 3. The normalized spacial score (nSPS) is 28.0. The highest BCUT2D eigenvalue weighted by Crippen LogP contribution is 2.18. The molecule has 1 heterocycles. The molecule has 2 atom stereocenters. The van der Waals surface area contributed by atoms with E-state index in [1.165, 1.54) is 0 Å². The van der Waals surface area contributed by atoms with Gasteiger partial charge in [-0.15, -0.1) is 0 Å². The van der Waals surface area contributed by atoms with Gasteiger partial charge in [0.1, 0.15) is 0 Å². The Hall–Kier alpha value is -0.120. The topological polar surface area (TPSA) is 32.7 Å². The fourth-order valence-electron chi connectivity index (χ4n) is 2.18. The number of aliphatic hydroxyl groups is 1. The van der Waals surface area contributed by atoms with Crippen molar-refractivity contribution in [3.8, 4) is 0 Å². The third-order valence-corrected chi connectivity index (χ3v) is 2.96. The molecule has 0 radical (unpaired) electrons. The van der Waals surface area contributed by atoms with E-state index in [9.17, 15) is 5.11 Å². The second-order valence-corrected chi connectivity index (χ2v) is 5.18. The van der Waals surface area contributed by atoms with Gasteiger partial charge in [-0.25, -0.2) is 0 Å². The zero-order chi connectivity index (χ0) is 11.4. The van der Waals surface area contributed by atoms with Crippen molar-refractivity contribution in [3.05, 3.63) is 0 Å². The SMILES string of the molecule is CC(C)CN(C(C)C)C1COCCC1O. The largest absolute Gasteiger partial charge is 0.391 e. The van der Waals surface area contributed by atoms with Gasteiger partial charge in [0, 0.05) is 19.2 Å². The van der Waals surface area contributed by atoms with Crippen LogP contribution in [0.15, 0.2) is 0 Å². The van der Waals surface area contributed by atoms with Crippen LogP contribution in [0.25, 0.3) is 0 Å². The first-order valence-corrected chi connectivity index (χ1v) is 6.04. The number of rotatable bonds is 4. The molecule has 0 aromatic heterocycles. The minimum atomic E-state index is -0.222. The maximum Gasteiger partial charge on any atom is 0.0739 e. The smallest absolute Gasteiger partial charge is 0.0739 e. The lowest BCUT2D eigenvalue weighted by Crippen LogP contribution is -2.53. The highest BCUT2D eigenvalue weighted by Gasteiger charge is 2.30. The zero-order valence-corrected chi connectivity index (χ0v) is 10.4. The van der Waals surface area contributed by atoms with Crippen LogP contribution in [0.2, 0.25) is 0 Å². The Morgan fingerprint density at radius 1 is 1.33 bits per heavy atom. The molecule has 1 N–H and O–H groups in total. The molecule has 1 saturated heterocycles. The molecule has 15 heavy (non-hydrogen) atoms. The molecule has 1 fully saturated rings. The average molecular weight is 215 g/mol. The third-order valence-electron chi connectivity index (χ3n) is 2.96. The Kier molecular flexibility index (Phi) is 5.03. The molecule has 3 nitrogen and oxygen atoms in total. The molecule has 0 aromatic rings. The van der Waals surface area contributed by atoms with Gasteiger partial charge < -0.3 is 9.84 Å². The first kappa shape index (κ1) is 12.9. The van der Waals surface area contributed by atoms with Gasteiger partial charge in [-0.3, -0.25) is 4.90 Å². The van der Waals surface area contributed by atoms with Gasteiger partial charge in [-0.05, 0) is 26.2 Å². The van der Waals surface area contributed by atoms with Gasteiger partial charge in [-0.1, -0.05) is 13.8 Å². The molecule has 1 aliphatic heterocycles. The fourth-order valence-corrected chi connectivity index (χ4v) is 2.18. The summed E-state index contributed by atoms with van der Waals surface area (Å²) in [5, 5.41) is 9.98. The van der Waals surface area contributed by atoms with E-state index in [2.05, 4.69) is 32.6 Å². The number of hydrogen-bond donors (Lipinski definition) is 1. The molecule has 0 spiro atoms. The summed E-state index contributed by atoms with van der Waals surface area (Å²) in [6.45, 7) is 11.2. The fraction of sp³-hybridized carbons (Fsp3) is 1.00. The van der Waals surface area contributed by atoms with Crippen LogP contribution in [-0.2, 0) is 4.74 Å². The van der Waals surface area contributed by atoms with E-state index >= 15 is 0 Å². The lowest BCUT2D eigenvalue weighted by atomic mass is 10.0. The van der Waals surface area contributed by atoms with E-state index in [4.69, 9.17) is 4.74 Å². The Morgan fingerprint density at radius 2 is 2.00 bits per heavy atom. The predicted octanol–water partition coefficient (Wildman–Crippen LogP) is 1.50. The number of nitrogens with zero attached hydrogens (tertiary/aromatic N) is 1. The minimum Gasteiger partial charge on any atom is -0.391 e. The summed E-state index contributed by atoms with van der Waals surface area (Å²) in [7, 11) is 0. The lowest BCUT2D eigenvalue weighted by Gasteiger charge is -2.40. The van der Waals surface area contributed by atoms with Gasteiger partial charge in [0.05, 0.1) is 18.8 Å². The monoisotopic (exact) mass is 215 g/mol. The average Bonchev–Trinajstić information content (AvgIpc) is 2.15. The van der Waals surface area contributed by atoms with Crippen molar-refractivity contribution in [2.45, 2.75) is 52.3 Å². The van der Waals surface area contributed by atoms with Crippen LogP contribution in [0.4, 0.5) is 0 Å². The second kappa shape index (κ2) is 5.83. The summed E-state index contributed by atoms with van der Waals surface area (Å²) in [5.74, 6) is 0.626. The van der Waals surface area contributed by atoms with E-state index in [0.29, 0.717) is 25.2 Å². The van der Waals surface area contributed by atoms with Crippen molar-refractivity contribution in [3.63, 3.8) is 0 Å². The number of aliphatic hydroxyl groups excluding tert-OH is 1. The van der Waals surface area contributed by atoms with Crippen molar-refractivity contribution >= 4 is 0 Å². The molecule has 0 aromatic carbocycles. The molecule has 0 aliphatic carbocycles. The minimum absolute atomic E-state index is 0.182. The van der Waals surface area contributed by atoms with Gasteiger partial charge in [0.15, 0.2) is 0 Å². The molecule has 0 saturated carbocycles. The summed E-state index contributed by atoms with van der Waals surface area (Å²) in [4.78, 5) is 2.37. The van der Waals surface area contributed by atoms with Crippen LogP contribution in [0.1, 0.15) is 34.1 Å². The summed E-state index contributed by atoms with van der Waals surface area (Å²) < 4.78 is 5.46. The van der Waals surface area contributed by atoms with Gasteiger partial charge in [0.25, 0.3) is 0 Å². The summed E-state index contributed by atoms with van der Waals surface area (Å²) in [6.07, 6.45) is 0.548. The molecule has 0 amide bonds. The lowest BCUT2D eigenvalue weighted by molar-refractivity contribution is -0.0727. The first-order valence-electron chi connectivity index (χ1n) is 6.04. The van der Waals surface area contributed by atoms with Gasteiger partial charge in [-0.2, -0.15) is 0 Å². The van der Waals surface area contributed by atoms with Crippen molar-refractivity contribution in [1.29, 1.82) is 0 Å². The molecular formula is C12H25NO2. The number of ether oxygens (including phenoxy) is 1. The van der Waals surface area contributed by atoms with Crippen LogP contribution in [0, 0.1) is 5.92 Å². The van der Waals surface area contributed by atoms with Crippen LogP contribution in [0.5, 0.6) is 0 Å². The van der Waals surface area contributed by atoms with Crippen molar-refractivity contribution in [2.75, 3.05) is 19.8 Å². The van der Waals surface area contributed by atoms with Crippen LogP contribution in [0.3, 0.4) is 0 Å². The Labute approximate surface area is 93.4 Å². The molecule has 3 heteroatoms. The Morgan fingerprint density at radius 3 is 2.47 bits per heavy atom. The van der Waals surface area contributed by atoms with E-state index in [1.807, 2.05) is 0 Å². The molecular weight excluding hydrogens is 190 g/mol. The van der Waals surface area contributed by atoms with E-state index in [1.54, 1.807) is 0 Å². The molecule has 1 rings (SSSR count). The van der Waals surface area contributed by atoms with E-state index < -0.39 is 0 Å². The quantitative estimate of drug-likeness (QED) is 0.771. The Bertz CT molecular complexity index is 182. The van der Waals surface area contributed by atoms with Crippen LogP contribution in [-0.4, -0.2) is 48.0 Å². The summed E-state index contributed by atoms with van der Waals surface area (Å²) in [5.41, 5.74) is 0. The van der Waals surface area contributed by atoms with Gasteiger partial charge >= 0.3 is 0 Å². The highest BCUT2D eigenvalue weighted by molar-refractivity contribution is 4.84. The van der Waals surface area contributed by atoms with Crippen molar-refractivity contribution in [1.82, 2.24) is 4.90 Å². The molecule has 0 bridgehead atoms. The molecule has 2 unspecified atom stereocenters. The van der Waals surface area contributed by atoms with Crippen molar-refractivity contribution in [2.24, 2.45) is 5.92 Å². The maximum absolute atomic E-state index is 9.98. The maximum atomic E-state index is 9.98. The summed E-state index contributed by atoms with van der Waals surface area (Å²) >= 11 is 0. The second-order valence-electron chi connectivity index (χ2n) is 5.18. The highest BCUT2D eigenvalue weighted by atomic mass is 16.5. The van der Waals surface area contributed by atoms with Crippen LogP contribution >= 0.6 is 0 Å². The Balaban J connectivity index is 2.60. The molecule has 90 valence electrons. The zero-order valence-electron chi connectivity index (χ0n) is 10.4. The summed E-state index contributed by atoms with van der Waals surface area (Å²) in [6, 6.07) is 0.648. The first-order chi connectivity index (χ1) is 7.02.